The van der Waals surface area contributed by atoms with Crippen LogP contribution in [-0.4, -0.2) is 43.0 Å². The van der Waals surface area contributed by atoms with Gasteiger partial charge in [-0.25, -0.2) is 4.98 Å². The molecular formula is C18H21N3O3S. The molecule has 25 heavy (non-hydrogen) atoms. The largest absolute Gasteiger partial charge is 0.378 e. The van der Waals surface area contributed by atoms with Crippen LogP contribution in [0.3, 0.4) is 0 Å². The van der Waals surface area contributed by atoms with E-state index in [1.165, 1.54) is 11.3 Å². The van der Waals surface area contributed by atoms with Crippen LogP contribution in [0, 0.1) is 0 Å². The molecule has 1 amide bonds. The number of thiophene rings is 1. The minimum Gasteiger partial charge on any atom is -0.378 e. The van der Waals surface area contributed by atoms with Crippen molar-refractivity contribution in [1.29, 1.82) is 0 Å². The quantitative estimate of drug-likeness (QED) is 0.768. The summed E-state index contributed by atoms with van der Waals surface area (Å²) in [5, 5.41) is 4.70. The molecule has 1 N–H and O–H groups in total. The van der Waals surface area contributed by atoms with Gasteiger partial charge in [0.05, 0.1) is 18.1 Å². The standard InChI is InChI=1S/C18H21N3O3S/c22-15(16-2-1-11-25-16)4-6-18(23)20-13-14-3-5-17(19-12-14)21-7-9-24-10-8-21/h1-3,5,11-12H,4,6-10,13H2,(H,20,23). The third kappa shape index (κ3) is 5.11. The summed E-state index contributed by atoms with van der Waals surface area (Å²) in [4.78, 5) is 31.1. The smallest absolute Gasteiger partial charge is 0.220 e. The van der Waals surface area contributed by atoms with Crippen LogP contribution in [-0.2, 0) is 16.1 Å². The molecule has 3 heterocycles. The molecule has 1 saturated heterocycles. The summed E-state index contributed by atoms with van der Waals surface area (Å²) < 4.78 is 5.33. The maximum absolute atomic E-state index is 11.9. The van der Waals surface area contributed by atoms with Crippen molar-refractivity contribution in [2.45, 2.75) is 19.4 Å². The van der Waals surface area contributed by atoms with Gasteiger partial charge in [0.15, 0.2) is 5.78 Å². The summed E-state index contributed by atoms with van der Waals surface area (Å²) in [7, 11) is 0. The first-order valence-electron chi connectivity index (χ1n) is 8.33. The molecule has 0 unspecified atom stereocenters. The predicted molar refractivity (Wildman–Crippen MR) is 97.0 cm³/mol. The van der Waals surface area contributed by atoms with Gasteiger partial charge in [0.25, 0.3) is 0 Å². The van der Waals surface area contributed by atoms with Crippen LogP contribution < -0.4 is 10.2 Å². The lowest BCUT2D eigenvalue weighted by atomic mass is 10.2. The van der Waals surface area contributed by atoms with Gasteiger partial charge >= 0.3 is 0 Å². The Hall–Kier alpha value is -2.25. The molecule has 0 radical (unpaired) electrons. The van der Waals surface area contributed by atoms with Crippen LogP contribution in [0.2, 0.25) is 0 Å². The molecule has 2 aromatic rings. The van der Waals surface area contributed by atoms with E-state index in [1.54, 1.807) is 12.3 Å². The molecule has 0 atom stereocenters. The fourth-order valence-electron chi connectivity index (χ4n) is 2.58. The molecular weight excluding hydrogens is 338 g/mol. The fourth-order valence-corrected chi connectivity index (χ4v) is 3.27. The van der Waals surface area contributed by atoms with Crippen LogP contribution >= 0.6 is 11.3 Å². The summed E-state index contributed by atoms with van der Waals surface area (Å²) in [6, 6.07) is 7.56. The highest BCUT2D eigenvalue weighted by Gasteiger charge is 2.12. The SMILES string of the molecule is O=C(CCC(=O)c1cccs1)NCc1ccc(N2CCOCC2)nc1. The van der Waals surface area contributed by atoms with Gasteiger partial charge in [-0.2, -0.15) is 0 Å². The highest BCUT2D eigenvalue weighted by atomic mass is 32.1. The average Bonchev–Trinajstić information content (AvgIpc) is 3.20. The first kappa shape index (κ1) is 17.6. The van der Waals surface area contributed by atoms with E-state index in [1.807, 2.05) is 23.6 Å². The molecule has 1 fully saturated rings. The second kappa shape index (κ2) is 8.73. The van der Waals surface area contributed by atoms with Crippen LogP contribution in [0.1, 0.15) is 28.1 Å². The molecule has 0 saturated carbocycles. The van der Waals surface area contributed by atoms with Gasteiger partial charge in [-0.05, 0) is 23.1 Å². The number of aromatic nitrogens is 1. The zero-order chi connectivity index (χ0) is 17.5. The molecule has 1 aliphatic heterocycles. The number of carbonyl (C=O) groups excluding carboxylic acids is 2. The molecule has 6 nitrogen and oxygen atoms in total. The number of nitrogens with zero attached hydrogens (tertiary/aromatic N) is 2. The lowest BCUT2D eigenvalue weighted by Gasteiger charge is -2.27. The number of Topliss-reactive ketones (excluding diaryl/α,β-unsaturated/α-hetero) is 1. The molecule has 3 rings (SSSR count). The molecule has 1 aliphatic rings. The number of anilines is 1. The van der Waals surface area contributed by atoms with Crippen LogP contribution in [0.15, 0.2) is 35.8 Å². The summed E-state index contributed by atoms with van der Waals surface area (Å²) in [6.07, 6.45) is 2.22. The Morgan fingerprint density at radius 2 is 2.04 bits per heavy atom. The van der Waals surface area contributed by atoms with E-state index in [9.17, 15) is 9.59 Å². The van der Waals surface area contributed by atoms with Crippen molar-refractivity contribution in [2.24, 2.45) is 0 Å². The van der Waals surface area contributed by atoms with Gasteiger partial charge in [-0.15, -0.1) is 11.3 Å². The van der Waals surface area contributed by atoms with E-state index in [0.29, 0.717) is 11.4 Å². The number of amides is 1. The number of pyridine rings is 1. The average molecular weight is 359 g/mol. The fraction of sp³-hybridized carbons (Fsp3) is 0.389. The van der Waals surface area contributed by atoms with Gasteiger partial charge < -0.3 is 15.0 Å². The number of ether oxygens (including phenoxy) is 1. The minimum atomic E-state index is -0.123. The monoisotopic (exact) mass is 359 g/mol. The third-order valence-electron chi connectivity index (χ3n) is 4.01. The zero-order valence-corrected chi connectivity index (χ0v) is 14.8. The number of morpholine rings is 1. The Kier molecular flexibility index (Phi) is 6.14. The van der Waals surface area contributed by atoms with Crippen LogP contribution in [0.5, 0.6) is 0 Å². The summed E-state index contributed by atoms with van der Waals surface area (Å²) in [5.41, 5.74) is 0.940. The predicted octanol–water partition coefficient (Wildman–Crippen LogP) is 2.26. The molecule has 0 bridgehead atoms. The first-order chi connectivity index (χ1) is 12.2. The van der Waals surface area contributed by atoms with Crippen molar-refractivity contribution >= 4 is 28.8 Å². The maximum atomic E-state index is 11.9. The van der Waals surface area contributed by atoms with E-state index in [2.05, 4.69) is 15.2 Å². The number of ketones is 1. The summed E-state index contributed by atoms with van der Waals surface area (Å²) in [6.45, 7) is 3.57. The second-order valence-electron chi connectivity index (χ2n) is 5.80. The molecule has 132 valence electrons. The molecule has 0 spiro atoms. The lowest BCUT2D eigenvalue weighted by Crippen LogP contribution is -2.36. The third-order valence-corrected chi connectivity index (χ3v) is 4.92. The lowest BCUT2D eigenvalue weighted by molar-refractivity contribution is -0.121. The highest BCUT2D eigenvalue weighted by molar-refractivity contribution is 7.12. The Balaban J connectivity index is 1.41. The summed E-state index contributed by atoms with van der Waals surface area (Å²) >= 11 is 1.40. The van der Waals surface area contributed by atoms with E-state index < -0.39 is 0 Å². The van der Waals surface area contributed by atoms with Gasteiger partial charge in [0, 0.05) is 38.7 Å². The molecule has 7 heteroatoms. The highest BCUT2D eigenvalue weighted by Crippen LogP contribution is 2.14. The van der Waals surface area contributed by atoms with Gasteiger partial charge in [0.1, 0.15) is 5.82 Å². The van der Waals surface area contributed by atoms with Crippen molar-refractivity contribution in [3.63, 3.8) is 0 Å². The van der Waals surface area contributed by atoms with E-state index in [0.717, 1.165) is 37.7 Å². The summed E-state index contributed by atoms with van der Waals surface area (Å²) in [5.74, 6) is 0.823. The van der Waals surface area contributed by atoms with Crippen LogP contribution in [0.4, 0.5) is 5.82 Å². The van der Waals surface area contributed by atoms with Crippen molar-refractivity contribution in [2.75, 3.05) is 31.2 Å². The van der Waals surface area contributed by atoms with Crippen molar-refractivity contribution in [3.05, 3.63) is 46.3 Å². The molecule has 0 aromatic carbocycles. The van der Waals surface area contributed by atoms with Crippen molar-refractivity contribution in [1.82, 2.24) is 10.3 Å². The Morgan fingerprint density at radius 3 is 2.72 bits per heavy atom. The minimum absolute atomic E-state index is 0.0154. The Labute approximate surface area is 150 Å². The number of carbonyl (C=O) groups is 2. The van der Waals surface area contributed by atoms with E-state index in [-0.39, 0.29) is 24.5 Å². The van der Waals surface area contributed by atoms with Crippen molar-refractivity contribution in [3.8, 4) is 0 Å². The normalized spacial score (nSPS) is 14.3. The van der Waals surface area contributed by atoms with Crippen LogP contribution in [0.25, 0.3) is 0 Å². The Bertz CT molecular complexity index is 695. The topological polar surface area (TPSA) is 71.5 Å². The number of hydrogen-bond donors (Lipinski definition) is 1. The Morgan fingerprint density at radius 1 is 1.20 bits per heavy atom. The molecule has 2 aromatic heterocycles. The van der Waals surface area contributed by atoms with Gasteiger partial charge in [0.2, 0.25) is 5.91 Å². The maximum Gasteiger partial charge on any atom is 0.220 e. The first-order valence-corrected chi connectivity index (χ1v) is 9.21. The number of hydrogen-bond acceptors (Lipinski definition) is 6. The zero-order valence-electron chi connectivity index (χ0n) is 13.9. The number of nitrogens with one attached hydrogen (secondary N) is 1. The van der Waals surface area contributed by atoms with Gasteiger partial charge in [-0.1, -0.05) is 12.1 Å². The van der Waals surface area contributed by atoms with Crippen molar-refractivity contribution < 1.29 is 14.3 Å². The van der Waals surface area contributed by atoms with E-state index in [4.69, 9.17) is 4.74 Å². The number of rotatable bonds is 7. The second-order valence-corrected chi connectivity index (χ2v) is 6.75. The molecule has 0 aliphatic carbocycles. The van der Waals surface area contributed by atoms with Gasteiger partial charge in [-0.3, -0.25) is 9.59 Å². The van der Waals surface area contributed by atoms with E-state index >= 15 is 0 Å².